The van der Waals surface area contributed by atoms with Crippen LogP contribution in [0.1, 0.15) is 48.9 Å². The number of halogens is 1. The van der Waals surface area contributed by atoms with E-state index < -0.39 is 16.1 Å². The Labute approximate surface area is 255 Å². The highest BCUT2D eigenvalue weighted by atomic mass is 35.5. The van der Waals surface area contributed by atoms with Crippen LogP contribution in [-0.2, 0) is 32.6 Å². The van der Waals surface area contributed by atoms with E-state index in [-0.39, 0.29) is 37.2 Å². The molecule has 3 aromatic carbocycles. The highest BCUT2D eigenvalue weighted by molar-refractivity contribution is 7.92. The van der Waals surface area contributed by atoms with Crippen LogP contribution in [0.25, 0.3) is 0 Å². The molecule has 0 unspecified atom stereocenters. The van der Waals surface area contributed by atoms with Crippen molar-refractivity contribution in [1.82, 2.24) is 10.2 Å². The van der Waals surface area contributed by atoms with Crippen LogP contribution in [-0.4, -0.2) is 50.5 Å². The van der Waals surface area contributed by atoms with Gasteiger partial charge < -0.3 is 10.2 Å². The highest BCUT2D eigenvalue weighted by Gasteiger charge is 2.30. The first-order valence-electron chi connectivity index (χ1n) is 14.3. The molecule has 0 saturated carbocycles. The van der Waals surface area contributed by atoms with Gasteiger partial charge in [0.2, 0.25) is 21.8 Å². The second-order valence-corrected chi connectivity index (χ2v) is 13.6. The number of carbonyl (C=O) groups excluding carboxylic acids is 2. The Morgan fingerprint density at radius 3 is 2.21 bits per heavy atom. The second kappa shape index (κ2) is 15.2. The van der Waals surface area contributed by atoms with E-state index >= 15 is 0 Å². The van der Waals surface area contributed by atoms with Gasteiger partial charge in [0.25, 0.3) is 0 Å². The van der Waals surface area contributed by atoms with Gasteiger partial charge in [0, 0.05) is 37.5 Å². The summed E-state index contributed by atoms with van der Waals surface area (Å²) in [5.41, 5.74) is 4.18. The van der Waals surface area contributed by atoms with Crippen molar-refractivity contribution in [2.45, 2.75) is 59.5 Å². The summed E-state index contributed by atoms with van der Waals surface area (Å²) >= 11 is 6.11. The summed E-state index contributed by atoms with van der Waals surface area (Å²) < 4.78 is 26.9. The lowest BCUT2D eigenvalue weighted by atomic mass is 10.0. The van der Waals surface area contributed by atoms with Crippen LogP contribution in [0.4, 0.5) is 5.69 Å². The zero-order valence-corrected chi connectivity index (χ0v) is 26.7. The van der Waals surface area contributed by atoms with Crippen LogP contribution in [0.3, 0.4) is 0 Å². The minimum Gasteiger partial charge on any atom is -0.354 e. The number of carbonyl (C=O) groups is 2. The first-order chi connectivity index (χ1) is 19.8. The maximum Gasteiger partial charge on any atom is 0.243 e. The predicted octanol–water partition coefficient (Wildman–Crippen LogP) is 5.92. The fourth-order valence-corrected chi connectivity index (χ4v) is 5.87. The van der Waals surface area contributed by atoms with Crippen molar-refractivity contribution in [2.24, 2.45) is 5.92 Å². The van der Waals surface area contributed by atoms with Gasteiger partial charge in [0.1, 0.15) is 6.04 Å². The average Bonchev–Trinajstić information content (AvgIpc) is 2.94. The standard InChI is InChI=1S/C33H42ClN3O4S/c1-24(2)22-35-33(39)31(21-27-10-7-6-8-11-27)36(23-28-15-17-29(34)18-16-28)32(38)12-9-19-37(42(5,40)41)30-20-25(3)13-14-26(30)4/h6-8,10-11,13-18,20,24,31H,9,12,19,21-23H2,1-5H3,(H,35,39)/t31-/m0/s1. The molecule has 0 aliphatic carbocycles. The summed E-state index contributed by atoms with van der Waals surface area (Å²) in [4.78, 5) is 29.1. The molecular weight excluding hydrogens is 570 g/mol. The Bertz CT molecular complexity index is 1440. The summed E-state index contributed by atoms with van der Waals surface area (Å²) in [7, 11) is -3.58. The van der Waals surface area contributed by atoms with Crippen LogP contribution >= 0.6 is 11.6 Å². The molecule has 3 aromatic rings. The van der Waals surface area contributed by atoms with E-state index in [2.05, 4.69) is 5.32 Å². The molecule has 0 aliphatic rings. The number of hydrogen-bond acceptors (Lipinski definition) is 4. The Morgan fingerprint density at radius 1 is 0.929 bits per heavy atom. The van der Waals surface area contributed by atoms with Crippen molar-refractivity contribution in [3.63, 3.8) is 0 Å². The van der Waals surface area contributed by atoms with Crippen molar-refractivity contribution in [3.8, 4) is 0 Å². The van der Waals surface area contributed by atoms with Gasteiger partial charge in [-0.3, -0.25) is 13.9 Å². The van der Waals surface area contributed by atoms with E-state index in [1.807, 2.05) is 88.4 Å². The number of sulfonamides is 1. The molecule has 0 fully saturated rings. The number of anilines is 1. The van der Waals surface area contributed by atoms with Crippen molar-refractivity contribution in [1.29, 1.82) is 0 Å². The van der Waals surface area contributed by atoms with Gasteiger partial charge >= 0.3 is 0 Å². The average molecular weight is 612 g/mol. The molecule has 0 spiro atoms. The second-order valence-electron chi connectivity index (χ2n) is 11.2. The van der Waals surface area contributed by atoms with Crippen LogP contribution in [0, 0.1) is 19.8 Å². The molecule has 0 saturated heterocycles. The predicted molar refractivity (Wildman–Crippen MR) is 171 cm³/mol. The first-order valence-corrected chi connectivity index (χ1v) is 16.5. The molecule has 2 amide bonds. The summed E-state index contributed by atoms with van der Waals surface area (Å²) in [6.07, 6.45) is 1.90. The number of hydrogen-bond donors (Lipinski definition) is 1. The third-order valence-corrected chi connectivity index (χ3v) is 8.44. The summed E-state index contributed by atoms with van der Waals surface area (Å²) in [6, 6.07) is 21.8. The van der Waals surface area contributed by atoms with Crippen molar-refractivity contribution in [3.05, 3.63) is 100 Å². The van der Waals surface area contributed by atoms with Crippen LogP contribution < -0.4 is 9.62 Å². The van der Waals surface area contributed by atoms with Crippen LogP contribution in [0.15, 0.2) is 72.8 Å². The summed E-state index contributed by atoms with van der Waals surface area (Å²) in [6.45, 7) is 8.68. The molecule has 1 atom stereocenters. The normalized spacial score (nSPS) is 12.2. The van der Waals surface area contributed by atoms with Gasteiger partial charge in [0.05, 0.1) is 11.9 Å². The lowest BCUT2D eigenvalue weighted by molar-refractivity contribution is -0.141. The molecule has 0 aliphatic heterocycles. The third kappa shape index (κ3) is 9.88. The number of benzene rings is 3. The van der Waals surface area contributed by atoms with Crippen LogP contribution in [0.2, 0.25) is 5.02 Å². The fraction of sp³-hybridized carbons (Fsp3) is 0.394. The number of nitrogens with one attached hydrogen (secondary N) is 1. The maximum absolute atomic E-state index is 13.9. The molecular formula is C33H42ClN3O4S. The van der Waals surface area contributed by atoms with Crippen molar-refractivity contribution in [2.75, 3.05) is 23.7 Å². The van der Waals surface area contributed by atoms with E-state index in [4.69, 9.17) is 11.6 Å². The van der Waals surface area contributed by atoms with E-state index in [1.165, 1.54) is 10.6 Å². The highest BCUT2D eigenvalue weighted by Crippen LogP contribution is 2.25. The van der Waals surface area contributed by atoms with E-state index in [9.17, 15) is 18.0 Å². The van der Waals surface area contributed by atoms with Gasteiger partial charge in [-0.15, -0.1) is 0 Å². The van der Waals surface area contributed by atoms with Gasteiger partial charge in [-0.1, -0.05) is 80.0 Å². The zero-order valence-electron chi connectivity index (χ0n) is 25.1. The maximum atomic E-state index is 13.9. The van der Waals surface area contributed by atoms with E-state index in [1.54, 1.807) is 17.0 Å². The molecule has 0 radical (unpaired) electrons. The Kier molecular flexibility index (Phi) is 12.0. The SMILES string of the molecule is Cc1ccc(C)c(N(CCCC(=O)N(Cc2ccc(Cl)cc2)[C@@H](Cc2ccccc2)C(=O)NCC(C)C)S(C)(=O)=O)c1. The molecule has 0 aromatic heterocycles. The lowest BCUT2D eigenvalue weighted by Crippen LogP contribution is -2.51. The fourth-order valence-electron chi connectivity index (χ4n) is 4.73. The Morgan fingerprint density at radius 2 is 1.60 bits per heavy atom. The largest absolute Gasteiger partial charge is 0.354 e. The molecule has 0 bridgehead atoms. The summed E-state index contributed by atoms with van der Waals surface area (Å²) in [5, 5.41) is 3.60. The molecule has 226 valence electrons. The monoisotopic (exact) mass is 611 g/mol. The zero-order chi connectivity index (χ0) is 30.9. The van der Waals surface area contributed by atoms with Gasteiger partial charge in [0.15, 0.2) is 0 Å². The quantitative estimate of drug-likeness (QED) is 0.245. The molecule has 7 nitrogen and oxygen atoms in total. The number of amides is 2. The molecule has 0 heterocycles. The third-order valence-electron chi connectivity index (χ3n) is 7.01. The van der Waals surface area contributed by atoms with E-state index in [0.29, 0.717) is 30.1 Å². The number of nitrogens with zero attached hydrogens (tertiary/aromatic N) is 2. The molecule has 1 N–H and O–H groups in total. The van der Waals surface area contributed by atoms with Crippen molar-refractivity contribution < 1.29 is 18.0 Å². The summed E-state index contributed by atoms with van der Waals surface area (Å²) in [5.74, 6) is -0.193. The van der Waals surface area contributed by atoms with E-state index in [0.717, 1.165) is 22.3 Å². The van der Waals surface area contributed by atoms with Crippen LogP contribution in [0.5, 0.6) is 0 Å². The smallest absolute Gasteiger partial charge is 0.243 e. The molecule has 3 rings (SSSR count). The molecule has 9 heteroatoms. The Hall–Kier alpha value is -3.36. The lowest BCUT2D eigenvalue weighted by Gasteiger charge is -2.32. The number of rotatable bonds is 14. The Balaban J connectivity index is 1.89. The first kappa shape index (κ1) is 33.1. The minimum atomic E-state index is -3.58. The minimum absolute atomic E-state index is 0.0766. The number of aryl methyl sites for hydroxylation is 2. The van der Waals surface area contributed by atoms with Gasteiger partial charge in [-0.05, 0) is 66.6 Å². The van der Waals surface area contributed by atoms with Gasteiger partial charge in [-0.25, -0.2) is 8.42 Å². The molecule has 42 heavy (non-hydrogen) atoms. The van der Waals surface area contributed by atoms with Gasteiger partial charge in [-0.2, -0.15) is 0 Å². The topological polar surface area (TPSA) is 86.8 Å². The van der Waals surface area contributed by atoms with Crippen molar-refractivity contribution >= 4 is 39.1 Å².